The molecule has 0 bridgehead atoms. The minimum absolute atomic E-state index is 0.185. The quantitative estimate of drug-likeness (QED) is 0.307. The van der Waals surface area contributed by atoms with Crippen LogP contribution in [0.3, 0.4) is 0 Å². The predicted molar refractivity (Wildman–Crippen MR) is 141 cm³/mol. The smallest absolute Gasteiger partial charge is 0.260 e. The van der Waals surface area contributed by atoms with Crippen molar-refractivity contribution in [2.45, 2.75) is 38.6 Å². The molecule has 1 atom stereocenters. The molecule has 8 heteroatoms. The molecule has 0 saturated carbocycles. The fourth-order valence-corrected chi connectivity index (χ4v) is 6.40. The molecular weight excluding hydrogens is 489 g/mol. The van der Waals surface area contributed by atoms with Gasteiger partial charge in [-0.15, -0.1) is 10.2 Å². The third kappa shape index (κ3) is 3.13. The van der Waals surface area contributed by atoms with E-state index in [1.54, 1.807) is 30.6 Å². The van der Waals surface area contributed by atoms with Crippen molar-refractivity contribution in [2.75, 3.05) is 4.90 Å². The Bertz CT molecular complexity index is 1750. The first-order valence-electron chi connectivity index (χ1n) is 12.3. The number of amides is 1. The van der Waals surface area contributed by atoms with Crippen molar-refractivity contribution in [3.05, 3.63) is 106 Å². The fraction of sp³-hybridized carbons (Fsp3) is 0.207. The zero-order valence-corrected chi connectivity index (χ0v) is 21.1. The van der Waals surface area contributed by atoms with Crippen LogP contribution in [0, 0.1) is 19.7 Å². The Kier molecular flexibility index (Phi) is 4.67. The second kappa shape index (κ2) is 7.76. The molecule has 5 aromatic rings. The van der Waals surface area contributed by atoms with Gasteiger partial charge in [-0.1, -0.05) is 23.7 Å². The molecule has 0 fully saturated rings. The van der Waals surface area contributed by atoms with Crippen LogP contribution in [0.1, 0.15) is 45.0 Å². The molecule has 37 heavy (non-hydrogen) atoms. The zero-order chi connectivity index (χ0) is 25.5. The number of nitrogens with zero attached hydrogens (tertiary/aromatic N) is 4. The molecule has 1 aliphatic carbocycles. The van der Waals surface area contributed by atoms with Crippen LogP contribution in [0.2, 0.25) is 5.02 Å². The lowest BCUT2D eigenvalue weighted by molar-refractivity contribution is 0.0928. The number of carbonyl (C=O) groups is 1. The topological polar surface area (TPSA) is 66.8 Å². The number of hydrogen-bond donors (Lipinski definition) is 1. The first-order chi connectivity index (χ1) is 17.9. The third-order valence-corrected chi connectivity index (χ3v) is 8.23. The fourth-order valence-electron chi connectivity index (χ4n) is 6.15. The number of halogens is 2. The standard InChI is InChI=1S/C29H23ClFN5O/c1-16-3-6-20-22-14-29(10-9-25(22)33-26(20)11-16)23-12-18(31)4-8-27(23)36(29)28(37)21-7-5-19(13-24(21)30)35-15-32-34-17(35)2/h3-8,11-13,15,33H,9-10,14H2,1-2H3. The highest BCUT2D eigenvalue weighted by Crippen LogP contribution is 2.56. The maximum atomic E-state index is 14.4. The molecule has 0 radical (unpaired) electrons. The van der Waals surface area contributed by atoms with Crippen molar-refractivity contribution >= 4 is 34.1 Å². The van der Waals surface area contributed by atoms with Gasteiger partial charge in [0.1, 0.15) is 18.0 Å². The van der Waals surface area contributed by atoms with E-state index in [2.05, 4.69) is 40.3 Å². The SMILES string of the molecule is Cc1ccc2c3c([nH]c2c1)CCC1(C3)c2cc(F)ccc2N1C(=O)c1ccc(-n2cnnc2C)cc1Cl. The predicted octanol–water partition coefficient (Wildman–Crippen LogP) is 6.20. The summed E-state index contributed by atoms with van der Waals surface area (Å²) >= 11 is 6.69. The number of hydrogen-bond acceptors (Lipinski definition) is 3. The van der Waals surface area contributed by atoms with Crippen LogP contribution in [0.15, 0.2) is 60.9 Å². The minimum Gasteiger partial charge on any atom is -0.358 e. The Hall–Kier alpha value is -3.97. The van der Waals surface area contributed by atoms with Crippen LogP contribution in [-0.2, 0) is 18.4 Å². The molecule has 184 valence electrons. The number of benzene rings is 3. The number of rotatable bonds is 2. The molecule has 6 nitrogen and oxygen atoms in total. The van der Waals surface area contributed by atoms with E-state index >= 15 is 0 Å². The Morgan fingerprint density at radius 3 is 2.76 bits per heavy atom. The van der Waals surface area contributed by atoms with Gasteiger partial charge in [0.05, 0.1) is 21.8 Å². The van der Waals surface area contributed by atoms with Crippen molar-refractivity contribution in [1.82, 2.24) is 19.7 Å². The maximum Gasteiger partial charge on any atom is 0.260 e. The number of carbonyl (C=O) groups excluding carboxylic acids is 1. The van der Waals surface area contributed by atoms with Crippen LogP contribution in [0.25, 0.3) is 16.6 Å². The lowest BCUT2D eigenvalue weighted by atomic mass is 9.67. The summed E-state index contributed by atoms with van der Waals surface area (Å²) in [6.07, 6.45) is 3.69. The van der Waals surface area contributed by atoms with Crippen LogP contribution in [0.4, 0.5) is 10.1 Å². The molecule has 1 spiro atoms. The Morgan fingerprint density at radius 2 is 1.97 bits per heavy atom. The summed E-state index contributed by atoms with van der Waals surface area (Å²) in [6.45, 7) is 3.93. The van der Waals surface area contributed by atoms with Gasteiger partial charge in [0.25, 0.3) is 5.91 Å². The summed E-state index contributed by atoms with van der Waals surface area (Å²) in [5.74, 6) is 0.243. The van der Waals surface area contributed by atoms with Crippen LogP contribution >= 0.6 is 11.6 Å². The van der Waals surface area contributed by atoms with Gasteiger partial charge in [-0.25, -0.2) is 4.39 Å². The second-order valence-corrected chi connectivity index (χ2v) is 10.5. The van der Waals surface area contributed by atoms with Gasteiger partial charge >= 0.3 is 0 Å². The van der Waals surface area contributed by atoms with Crippen molar-refractivity contribution in [2.24, 2.45) is 0 Å². The Morgan fingerprint density at radius 1 is 1.11 bits per heavy atom. The van der Waals surface area contributed by atoms with Gasteiger partial charge in [0.15, 0.2) is 0 Å². The first kappa shape index (κ1) is 22.2. The van der Waals surface area contributed by atoms with Crippen LogP contribution < -0.4 is 4.90 Å². The second-order valence-electron chi connectivity index (χ2n) is 10.1. The van der Waals surface area contributed by atoms with E-state index in [9.17, 15) is 9.18 Å². The van der Waals surface area contributed by atoms with Gasteiger partial charge in [0, 0.05) is 34.3 Å². The molecular formula is C29H23ClFN5O. The monoisotopic (exact) mass is 511 g/mol. The number of aromatic amines is 1. The average molecular weight is 512 g/mol. The molecule has 3 heterocycles. The van der Waals surface area contributed by atoms with E-state index in [1.807, 2.05) is 22.5 Å². The Balaban J connectivity index is 1.32. The number of anilines is 1. The minimum atomic E-state index is -0.631. The van der Waals surface area contributed by atoms with E-state index in [0.717, 1.165) is 40.1 Å². The molecule has 1 N–H and O–H groups in total. The molecule has 2 aliphatic rings. The number of aromatic nitrogens is 4. The van der Waals surface area contributed by atoms with E-state index < -0.39 is 5.54 Å². The lowest BCUT2D eigenvalue weighted by Crippen LogP contribution is -2.60. The van der Waals surface area contributed by atoms with E-state index in [-0.39, 0.29) is 11.7 Å². The van der Waals surface area contributed by atoms with Crippen LogP contribution in [-0.4, -0.2) is 25.7 Å². The highest BCUT2D eigenvalue weighted by atomic mass is 35.5. The van der Waals surface area contributed by atoms with E-state index in [0.29, 0.717) is 23.4 Å². The molecule has 2 aromatic heterocycles. The van der Waals surface area contributed by atoms with Crippen molar-refractivity contribution in [3.8, 4) is 5.69 Å². The Labute approximate surface area is 217 Å². The van der Waals surface area contributed by atoms with Crippen molar-refractivity contribution in [1.29, 1.82) is 0 Å². The molecule has 0 saturated heterocycles. The zero-order valence-electron chi connectivity index (χ0n) is 20.3. The summed E-state index contributed by atoms with van der Waals surface area (Å²) in [4.78, 5) is 19.5. The first-order valence-corrected chi connectivity index (χ1v) is 12.6. The summed E-state index contributed by atoms with van der Waals surface area (Å²) in [5.41, 5.74) is 6.84. The number of fused-ring (bicyclic) bond motifs is 5. The normalized spacial score (nSPS) is 18.1. The molecule has 1 amide bonds. The third-order valence-electron chi connectivity index (χ3n) is 7.92. The number of aryl methyl sites for hydroxylation is 3. The van der Waals surface area contributed by atoms with Crippen molar-refractivity contribution in [3.63, 3.8) is 0 Å². The molecule has 1 unspecified atom stereocenters. The summed E-state index contributed by atoms with van der Waals surface area (Å²) in [7, 11) is 0. The lowest BCUT2D eigenvalue weighted by Gasteiger charge is -2.55. The van der Waals surface area contributed by atoms with Gasteiger partial charge in [-0.05, 0) is 80.3 Å². The summed E-state index contributed by atoms with van der Waals surface area (Å²) in [5, 5.41) is 9.45. The van der Waals surface area contributed by atoms with E-state index in [1.165, 1.54) is 22.9 Å². The average Bonchev–Trinajstić information content (AvgIpc) is 3.46. The van der Waals surface area contributed by atoms with Gasteiger partial charge < -0.3 is 4.98 Å². The van der Waals surface area contributed by atoms with Crippen LogP contribution in [0.5, 0.6) is 0 Å². The highest BCUT2D eigenvalue weighted by Gasteiger charge is 2.54. The van der Waals surface area contributed by atoms with E-state index in [4.69, 9.17) is 11.6 Å². The highest BCUT2D eigenvalue weighted by molar-refractivity contribution is 6.35. The molecule has 7 rings (SSSR count). The van der Waals surface area contributed by atoms with Crippen molar-refractivity contribution < 1.29 is 9.18 Å². The van der Waals surface area contributed by atoms with Gasteiger partial charge in [0.2, 0.25) is 0 Å². The van der Waals surface area contributed by atoms with Gasteiger partial charge in [-0.2, -0.15) is 0 Å². The number of H-pyrrole nitrogens is 1. The maximum absolute atomic E-state index is 14.4. The summed E-state index contributed by atoms with van der Waals surface area (Å²) in [6, 6.07) is 16.4. The summed E-state index contributed by atoms with van der Waals surface area (Å²) < 4.78 is 16.2. The van der Waals surface area contributed by atoms with Gasteiger partial charge in [-0.3, -0.25) is 14.3 Å². The molecule has 3 aromatic carbocycles. The molecule has 1 aliphatic heterocycles. The number of nitrogens with one attached hydrogen (secondary N) is 1. The largest absolute Gasteiger partial charge is 0.358 e.